The van der Waals surface area contributed by atoms with E-state index in [9.17, 15) is 26.4 Å². The highest BCUT2D eigenvalue weighted by Gasteiger charge is 2.36. The molecule has 0 unspecified atom stereocenters. The zero-order valence-corrected chi connectivity index (χ0v) is 17.4. The number of benzene rings is 2. The van der Waals surface area contributed by atoms with Crippen molar-refractivity contribution in [2.45, 2.75) is 17.6 Å². The number of nitrogens with zero attached hydrogens (tertiary/aromatic N) is 2. The van der Waals surface area contributed by atoms with Gasteiger partial charge in [0.1, 0.15) is 10.8 Å². The van der Waals surface area contributed by atoms with E-state index in [1.807, 2.05) is 0 Å². The number of anilines is 1. The molecule has 0 fully saturated rings. The Hall–Kier alpha value is -3.03. The van der Waals surface area contributed by atoms with Gasteiger partial charge in [-0.1, -0.05) is 23.5 Å². The van der Waals surface area contributed by atoms with Crippen molar-refractivity contribution in [1.29, 1.82) is 0 Å². The minimum Gasteiger partial charge on any atom is -0.497 e. The molecule has 0 aliphatic rings. The first-order chi connectivity index (χ1) is 14.6. The van der Waals surface area contributed by atoms with Gasteiger partial charge in [0, 0.05) is 5.69 Å². The van der Waals surface area contributed by atoms with Crippen LogP contribution in [-0.4, -0.2) is 31.6 Å². The lowest BCUT2D eigenvalue weighted by atomic mass is 10.2. The lowest BCUT2D eigenvalue weighted by molar-refractivity contribution is -0.139. The summed E-state index contributed by atoms with van der Waals surface area (Å²) in [6, 6.07) is 10.4. The Kier molecular flexibility index (Phi) is 6.57. The first-order valence-corrected chi connectivity index (χ1v) is 10.8. The van der Waals surface area contributed by atoms with Gasteiger partial charge in [-0.25, -0.2) is 13.1 Å². The maximum Gasteiger partial charge on any atom is 0.417 e. The summed E-state index contributed by atoms with van der Waals surface area (Å²) in [6.45, 7) is -0.429. The third-order valence-corrected chi connectivity index (χ3v) is 6.29. The summed E-state index contributed by atoms with van der Waals surface area (Å²) >= 11 is 0.805. The van der Waals surface area contributed by atoms with Crippen molar-refractivity contribution >= 4 is 33.0 Å². The van der Waals surface area contributed by atoms with Gasteiger partial charge >= 0.3 is 6.18 Å². The maximum absolute atomic E-state index is 13.1. The predicted octanol–water partition coefficient (Wildman–Crippen LogP) is 3.30. The number of methoxy groups -OCH3 is 1. The molecule has 1 aromatic heterocycles. The van der Waals surface area contributed by atoms with Crippen LogP contribution < -0.4 is 14.8 Å². The summed E-state index contributed by atoms with van der Waals surface area (Å²) in [4.78, 5) is 11.4. The average Bonchev–Trinajstić information content (AvgIpc) is 3.22. The van der Waals surface area contributed by atoms with Crippen LogP contribution in [0.3, 0.4) is 0 Å². The highest BCUT2D eigenvalue weighted by molar-refractivity contribution is 7.89. The molecule has 0 saturated carbocycles. The van der Waals surface area contributed by atoms with Crippen LogP contribution in [0.15, 0.2) is 53.4 Å². The van der Waals surface area contributed by atoms with Gasteiger partial charge < -0.3 is 10.1 Å². The van der Waals surface area contributed by atoms with Crippen LogP contribution in [-0.2, 0) is 22.7 Å². The summed E-state index contributed by atoms with van der Waals surface area (Å²) in [6.07, 6.45) is -4.83. The largest absolute Gasteiger partial charge is 0.497 e. The Morgan fingerprint density at radius 1 is 1.10 bits per heavy atom. The molecule has 0 aliphatic heterocycles. The second-order valence-electron chi connectivity index (χ2n) is 6.00. The van der Waals surface area contributed by atoms with Crippen LogP contribution in [0.4, 0.5) is 18.9 Å². The first kappa shape index (κ1) is 22.7. The van der Waals surface area contributed by atoms with Crippen molar-refractivity contribution in [1.82, 2.24) is 14.9 Å². The molecule has 0 saturated heterocycles. The number of hydrogen-bond donors (Lipinski definition) is 2. The summed E-state index contributed by atoms with van der Waals surface area (Å²) in [5.74, 6) is 0.0368. The number of aromatic nitrogens is 2. The summed E-state index contributed by atoms with van der Waals surface area (Å²) in [7, 11) is -2.98. The Bertz CT molecular complexity index is 1180. The van der Waals surface area contributed by atoms with E-state index in [-0.39, 0.29) is 10.0 Å². The van der Waals surface area contributed by atoms with Gasteiger partial charge in [-0.2, -0.15) is 13.2 Å². The van der Waals surface area contributed by atoms with Crippen molar-refractivity contribution in [3.63, 3.8) is 0 Å². The van der Waals surface area contributed by atoms with E-state index in [2.05, 4.69) is 20.2 Å². The lowest BCUT2D eigenvalue weighted by Crippen LogP contribution is -2.26. The highest BCUT2D eigenvalue weighted by atomic mass is 32.2. The molecule has 0 spiro atoms. The standard InChI is InChI=1S/C18H15F3N4O4S2/c1-29-12-8-6-11(7-9-12)23-16(26)17-25-24-15(30-17)10-22-31(27,28)14-5-3-2-4-13(14)18(19,20)21/h2-9,22H,10H2,1H3,(H,23,26). The van der Waals surface area contributed by atoms with Gasteiger partial charge in [0.2, 0.25) is 15.0 Å². The number of halogens is 3. The molecular formula is C18H15F3N4O4S2. The second-order valence-corrected chi connectivity index (χ2v) is 8.80. The van der Waals surface area contributed by atoms with E-state index in [0.29, 0.717) is 17.5 Å². The number of nitrogens with one attached hydrogen (secondary N) is 2. The van der Waals surface area contributed by atoms with Crippen molar-refractivity contribution in [3.8, 4) is 5.75 Å². The van der Waals surface area contributed by atoms with Crippen molar-refractivity contribution in [2.75, 3.05) is 12.4 Å². The summed E-state index contributed by atoms with van der Waals surface area (Å²) in [5, 5.41) is 10.1. The number of sulfonamides is 1. The van der Waals surface area contributed by atoms with Crippen LogP contribution in [0.25, 0.3) is 0 Å². The molecule has 8 nitrogen and oxygen atoms in total. The number of alkyl halides is 3. The van der Waals surface area contributed by atoms with Gasteiger partial charge in [0.15, 0.2) is 0 Å². The fourth-order valence-corrected chi connectivity index (χ4v) is 4.42. The summed E-state index contributed by atoms with van der Waals surface area (Å²) in [5.41, 5.74) is -0.800. The molecule has 0 aliphatic carbocycles. The van der Waals surface area contributed by atoms with E-state index in [1.165, 1.54) is 13.2 Å². The molecule has 3 rings (SSSR count). The smallest absolute Gasteiger partial charge is 0.417 e. The third-order valence-electron chi connectivity index (χ3n) is 3.90. The molecule has 2 N–H and O–H groups in total. The van der Waals surface area contributed by atoms with Crippen LogP contribution in [0.5, 0.6) is 5.75 Å². The molecule has 31 heavy (non-hydrogen) atoms. The Morgan fingerprint density at radius 2 is 1.77 bits per heavy atom. The Morgan fingerprint density at radius 3 is 2.42 bits per heavy atom. The molecular weight excluding hydrogens is 457 g/mol. The molecule has 0 bridgehead atoms. The number of carbonyl (C=O) groups is 1. The molecule has 164 valence electrons. The predicted molar refractivity (Wildman–Crippen MR) is 106 cm³/mol. The minimum absolute atomic E-state index is 0.0410. The molecule has 1 heterocycles. The lowest BCUT2D eigenvalue weighted by Gasteiger charge is -2.13. The number of carbonyl (C=O) groups excluding carboxylic acids is 1. The fraction of sp³-hybridized carbons (Fsp3) is 0.167. The van der Waals surface area contributed by atoms with Crippen molar-refractivity contribution < 1.29 is 31.1 Å². The number of amides is 1. The topological polar surface area (TPSA) is 110 Å². The summed E-state index contributed by atoms with van der Waals surface area (Å²) < 4.78 is 71.1. The zero-order chi connectivity index (χ0) is 22.6. The van der Waals surface area contributed by atoms with Gasteiger partial charge in [0.25, 0.3) is 5.91 Å². The zero-order valence-electron chi connectivity index (χ0n) is 15.8. The third kappa shape index (κ3) is 5.57. The van der Waals surface area contributed by atoms with Crippen molar-refractivity contribution in [2.24, 2.45) is 0 Å². The average molecular weight is 472 g/mol. The van der Waals surface area contributed by atoms with Crippen molar-refractivity contribution in [3.05, 3.63) is 64.1 Å². The highest BCUT2D eigenvalue weighted by Crippen LogP contribution is 2.33. The molecule has 2 aromatic carbocycles. The van der Waals surface area contributed by atoms with Crippen LogP contribution >= 0.6 is 11.3 Å². The van der Waals surface area contributed by atoms with Gasteiger partial charge in [-0.15, -0.1) is 10.2 Å². The molecule has 0 atom stereocenters. The Balaban J connectivity index is 1.68. The number of hydrogen-bond acceptors (Lipinski definition) is 7. The fourth-order valence-electron chi connectivity index (χ4n) is 2.45. The number of rotatable bonds is 7. The first-order valence-electron chi connectivity index (χ1n) is 8.54. The Labute approximate surface area is 179 Å². The van der Waals surface area contributed by atoms with E-state index in [4.69, 9.17) is 4.74 Å². The SMILES string of the molecule is COc1ccc(NC(=O)c2nnc(CNS(=O)(=O)c3ccccc3C(F)(F)F)s2)cc1. The molecule has 13 heteroatoms. The van der Waals surface area contributed by atoms with E-state index in [1.54, 1.807) is 24.3 Å². The maximum atomic E-state index is 13.1. The minimum atomic E-state index is -4.83. The van der Waals surface area contributed by atoms with Gasteiger partial charge in [-0.05, 0) is 36.4 Å². The van der Waals surface area contributed by atoms with Crippen LogP contribution in [0.1, 0.15) is 20.4 Å². The normalized spacial score (nSPS) is 11.9. The van der Waals surface area contributed by atoms with Gasteiger partial charge in [0.05, 0.1) is 24.1 Å². The van der Waals surface area contributed by atoms with Crippen LogP contribution in [0.2, 0.25) is 0 Å². The van der Waals surface area contributed by atoms with E-state index in [0.717, 1.165) is 23.5 Å². The van der Waals surface area contributed by atoms with E-state index < -0.39 is 39.1 Å². The van der Waals surface area contributed by atoms with Crippen LogP contribution in [0, 0.1) is 0 Å². The quantitative estimate of drug-likeness (QED) is 0.546. The van der Waals surface area contributed by atoms with Gasteiger partial charge in [-0.3, -0.25) is 4.79 Å². The number of ether oxygens (including phenoxy) is 1. The monoisotopic (exact) mass is 472 g/mol. The molecule has 1 amide bonds. The second kappa shape index (κ2) is 8.99. The molecule has 3 aromatic rings. The molecule has 0 radical (unpaired) electrons. The van der Waals surface area contributed by atoms with E-state index >= 15 is 0 Å².